The van der Waals surface area contributed by atoms with Gasteiger partial charge in [-0.05, 0) is 50.4 Å². The van der Waals surface area contributed by atoms with Crippen LogP contribution in [0, 0.1) is 0 Å². The second-order valence-corrected chi connectivity index (χ2v) is 6.26. The van der Waals surface area contributed by atoms with Crippen molar-refractivity contribution in [3.63, 3.8) is 0 Å². The van der Waals surface area contributed by atoms with Crippen LogP contribution in [0.25, 0.3) is 0 Å². The Balaban J connectivity index is 1.60. The van der Waals surface area contributed by atoms with Crippen LogP contribution in [0.4, 0.5) is 0 Å². The molecule has 0 bridgehead atoms. The van der Waals surface area contributed by atoms with Crippen molar-refractivity contribution in [1.82, 2.24) is 9.80 Å². The van der Waals surface area contributed by atoms with Crippen molar-refractivity contribution in [3.05, 3.63) is 35.9 Å². The quantitative estimate of drug-likeness (QED) is 0.822. The van der Waals surface area contributed by atoms with Gasteiger partial charge in [-0.2, -0.15) is 0 Å². The number of hydrogen-bond acceptors (Lipinski definition) is 2. The molecule has 2 aliphatic rings. The van der Waals surface area contributed by atoms with Gasteiger partial charge in [0.05, 0.1) is 0 Å². The Morgan fingerprint density at radius 3 is 2.74 bits per heavy atom. The molecule has 0 amide bonds. The Morgan fingerprint density at radius 2 is 1.89 bits per heavy atom. The van der Waals surface area contributed by atoms with Crippen molar-refractivity contribution in [2.75, 3.05) is 32.7 Å². The minimum absolute atomic E-state index is 0.647. The molecule has 1 aromatic rings. The monoisotopic (exact) mass is 258 g/mol. The van der Waals surface area contributed by atoms with E-state index in [1.54, 1.807) is 0 Å². The molecule has 0 spiro atoms. The number of nitrogens with zero attached hydrogens (tertiary/aromatic N) is 2. The van der Waals surface area contributed by atoms with Crippen molar-refractivity contribution in [2.24, 2.45) is 0 Å². The minimum Gasteiger partial charge on any atom is -0.301 e. The first-order chi connectivity index (χ1) is 9.33. The fraction of sp³-hybridized carbons (Fsp3) is 0.647. The van der Waals surface area contributed by atoms with Crippen molar-refractivity contribution in [3.8, 4) is 0 Å². The molecule has 0 saturated carbocycles. The lowest BCUT2D eigenvalue weighted by atomic mass is 10.0. The van der Waals surface area contributed by atoms with Crippen LogP contribution in [0.3, 0.4) is 0 Å². The Morgan fingerprint density at radius 1 is 1.11 bits per heavy atom. The molecule has 3 rings (SSSR count). The van der Waals surface area contributed by atoms with Gasteiger partial charge in [0.25, 0.3) is 0 Å². The van der Waals surface area contributed by atoms with Gasteiger partial charge in [0.1, 0.15) is 0 Å². The maximum Gasteiger partial charge on any atom is 0.0223 e. The summed E-state index contributed by atoms with van der Waals surface area (Å²) in [5, 5.41) is 0. The fourth-order valence-electron chi connectivity index (χ4n) is 3.72. The van der Waals surface area contributed by atoms with Gasteiger partial charge < -0.3 is 4.90 Å². The second kappa shape index (κ2) is 6.06. The highest BCUT2D eigenvalue weighted by Gasteiger charge is 2.29. The molecule has 0 aromatic heterocycles. The molecular formula is C17H26N2. The summed E-state index contributed by atoms with van der Waals surface area (Å²) in [7, 11) is 0. The molecule has 19 heavy (non-hydrogen) atoms. The lowest BCUT2D eigenvalue weighted by Gasteiger charge is -2.27. The molecule has 0 radical (unpaired) electrons. The topological polar surface area (TPSA) is 6.48 Å². The van der Waals surface area contributed by atoms with Crippen LogP contribution in [-0.2, 0) is 0 Å². The van der Waals surface area contributed by atoms with Gasteiger partial charge in [0, 0.05) is 19.1 Å². The fourth-order valence-corrected chi connectivity index (χ4v) is 3.72. The van der Waals surface area contributed by atoms with Crippen molar-refractivity contribution < 1.29 is 0 Å². The molecular weight excluding hydrogens is 232 g/mol. The molecule has 2 atom stereocenters. The largest absolute Gasteiger partial charge is 0.301 e. The smallest absolute Gasteiger partial charge is 0.0223 e. The van der Waals surface area contributed by atoms with E-state index in [0.29, 0.717) is 5.92 Å². The van der Waals surface area contributed by atoms with Crippen molar-refractivity contribution >= 4 is 0 Å². The second-order valence-electron chi connectivity index (χ2n) is 6.26. The Bertz CT molecular complexity index is 390. The van der Waals surface area contributed by atoms with Gasteiger partial charge >= 0.3 is 0 Å². The van der Waals surface area contributed by atoms with Crippen LogP contribution in [-0.4, -0.2) is 48.6 Å². The van der Waals surface area contributed by atoms with Crippen LogP contribution in [0.2, 0.25) is 0 Å². The Labute approximate surface area is 117 Å². The summed E-state index contributed by atoms with van der Waals surface area (Å²) in [5.41, 5.74) is 1.48. The predicted molar refractivity (Wildman–Crippen MR) is 80.5 cm³/mol. The van der Waals surface area contributed by atoms with Crippen LogP contribution in [0.15, 0.2) is 30.3 Å². The number of fused-ring (bicyclic) bond motifs is 1. The molecule has 1 aromatic carbocycles. The van der Waals surface area contributed by atoms with Gasteiger partial charge in [-0.25, -0.2) is 0 Å². The molecule has 2 aliphatic heterocycles. The van der Waals surface area contributed by atoms with Crippen LogP contribution in [0.1, 0.15) is 37.7 Å². The standard InChI is InChI=1S/C17H26N2/c1-15(16-7-3-2-4-8-16)13-18-10-6-12-19-11-5-9-17(19)14-18/h2-4,7-8,15,17H,5-6,9-14H2,1H3. The van der Waals surface area contributed by atoms with Crippen LogP contribution in [0.5, 0.6) is 0 Å². The van der Waals surface area contributed by atoms with Crippen molar-refractivity contribution in [2.45, 2.75) is 38.1 Å². The highest BCUT2D eigenvalue weighted by atomic mass is 15.3. The number of hydrogen-bond donors (Lipinski definition) is 0. The first-order valence-electron chi connectivity index (χ1n) is 7.84. The molecule has 2 heterocycles. The third kappa shape index (κ3) is 3.18. The summed E-state index contributed by atoms with van der Waals surface area (Å²) >= 11 is 0. The predicted octanol–water partition coefficient (Wildman–Crippen LogP) is 2.96. The third-order valence-corrected chi connectivity index (χ3v) is 4.79. The van der Waals surface area contributed by atoms with E-state index in [1.807, 2.05) is 0 Å². The maximum atomic E-state index is 2.72. The van der Waals surface area contributed by atoms with E-state index in [2.05, 4.69) is 47.1 Å². The zero-order valence-electron chi connectivity index (χ0n) is 12.1. The first-order valence-corrected chi connectivity index (χ1v) is 7.84. The van der Waals surface area contributed by atoms with Gasteiger partial charge in [-0.1, -0.05) is 37.3 Å². The summed E-state index contributed by atoms with van der Waals surface area (Å²) in [5.74, 6) is 0.647. The van der Waals surface area contributed by atoms with Gasteiger partial charge in [-0.3, -0.25) is 4.90 Å². The highest BCUT2D eigenvalue weighted by molar-refractivity contribution is 5.19. The van der Waals surface area contributed by atoms with E-state index in [1.165, 1.54) is 57.5 Å². The molecule has 2 unspecified atom stereocenters. The molecule has 104 valence electrons. The van der Waals surface area contributed by atoms with Crippen molar-refractivity contribution in [1.29, 1.82) is 0 Å². The summed E-state index contributed by atoms with van der Waals surface area (Å²) < 4.78 is 0. The normalized spacial score (nSPS) is 26.9. The lowest BCUT2D eigenvalue weighted by Crippen LogP contribution is -2.38. The van der Waals surface area contributed by atoms with Gasteiger partial charge in [-0.15, -0.1) is 0 Å². The van der Waals surface area contributed by atoms with Gasteiger partial charge in [0.15, 0.2) is 0 Å². The molecule has 0 N–H and O–H groups in total. The summed E-state index contributed by atoms with van der Waals surface area (Å²) in [6.07, 6.45) is 4.17. The Kier molecular flexibility index (Phi) is 4.19. The Hall–Kier alpha value is -0.860. The van der Waals surface area contributed by atoms with Crippen LogP contribution < -0.4 is 0 Å². The molecule has 2 fully saturated rings. The van der Waals surface area contributed by atoms with E-state index in [0.717, 1.165) is 6.04 Å². The van der Waals surface area contributed by atoms with E-state index in [-0.39, 0.29) is 0 Å². The molecule has 2 heteroatoms. The SMILES string of the molecule is CC(CN1CCCN2CCCC2C1)c1ccccc1. The molecule has 2 saturated heterocycles. The van der Waals surface area contributed by atoms with E-state index >= 15 is 0 Å². The molecule has 2 nitrogen and oxygen atoms in total. The van der Waals surface area contributed by atoms with Crippen LogP contribution >= 0.6 is 0 Å². The van der Waals surface area contributed by atoms with E-state index in [9.17, 15) is 0 Å². The third-order valence-electron chi connectivity index (χ3n) is 4.79. The summed E-state index contributed by atoms with van der Waals surface area (Å²) in [6.45, 7) is 8.82. The first kappa shape index (κ1) is 13.1. The zero-order valence-corrected chi connectivity index (χ0v) is 12.1. The highest BCUT2D eigenvalue weighted by Crippen LogP contribution is 2.23. The average molecular weight is 258 g/mol. The number of benzene rings is 1. The van der Waals surface area contributed by atoms with Gasteiger partial charge in [0.2, 0.25) is 0 Å². The molecule has 0 aliphatic carbocycles. The summed E-state index contributed by atoms with van der Waals surface area (Å²) in [6, 6.07) is 11.8. The lowest BCUT2D eigenvalue weighted by molar-refractivity contribution is 0.214. The summed E-state index contributed by atoms with van der Waals surface area (Å²) in [4.78, 5) is 5.42. The van der Waals surface area contributed by atoms with E-state index in [4.69, 9.17) is 0 Å². The minimum atomic E-state index is 0.647. The maximum absolute atomic E-state index is 2.72. The number of rotatable bonds is 3. The van der Waals surface area contributed by atoms with E-state index < -0.39 is 0 Å². The zero-order chi connectivity index (χ0) is 13.1. The average Bonchev–Trinajstić information content (AvgIpc) is 2.79.